The van der Waals surface area contributed by atoms with Crippen LogP contribution in [-0.4, -0.2) is 0 Å². The van der Waals surface area contributed by atoms with Gasteiger partial charge in [0.05, 0.1) is 0 Å². The fraction of sp³-hybridized carbons (Fsp3) is 0.318. The van der Waals surface area contributed by atoms with Crippen LogP contribution in [-0.2, 0) is 35.5 Å². The van der Waals surface area contributed by atoms with Gasteiger partial charge in [-0.25, -0.2) is 0 Å². The molecule has 4 aromatic carbocycles. The second-order valence-electron chi connectivity index (χ2n) is 16.1. The molecule has 0 bridgehead atoms. The Hall–Kier alpha value is -2.44. The molecule has 0 aliphatic heterocycles. The van der Waals surface area contributed by atoms with Crippen molar-refractivity contribution in [1.29, 1.82) is 0 Å². The van der Waals surface area contributed by atoms with Gasteiger partial charge in [-0.1, -0.05) is 0 Å². The van der Waals surface area contributed by atoms with E-state index in [1.165, 1.54) is 105 Å². The van der Waals surface area contributed by atoms with Gasteiger partial charge in [-0.15, -0.1) is 0 Å². The molecule has 0 atom stereocenters. The van der Waals surface area contributed by atoms with Gasteiger partial charge in [0.25, 0.3) is 0 Å². The van der Waals surface area contributed by atoms with Gasteiger partial charge < -0.3 is 24.8 Å². The van der Waals surface area contributed by atoms with Crippen LogP contribution in [0.3, 0.4) is 0 Å². The first-order chi connectivity index (χ1) is 21.1. The number of allylic oxidation sites excluding steroid dienone is 4. The average Bonchev–Trinajstić information content (AvgIpc) is 3.51. The summed E-state index contributed by atoms with van der Waals surface area (Å²) in [5.74, 6) is 0. The third-order valence-electron chi connectivity index (χ3n) is 9.67. The summed E-state index contributed by atoms with van der Waals surface area (Å²) in [5.41, 5.74) is 17.0. The summed E-state index contributed by atoms with van der Waals surface area (Å²) in [6, 6.07) is 31.9. The summed E-state index contributed by atoms with van der Waals surface area (Å²) >= 11 is 1.47. The van der Waals surface area contributed by atoms with Crippen molar-refractivity contribution in [3.05, 3.63) is 146 Å². The number of hydrogen-bond donors (Lipinski definition) is 0. The van der Waals surface area contributed by atoms with Crippen molar-refractivity contribution in [2.45, 2.75) is 86.5 Å². The van der Waals surface area contributed by atoms with Crippen LogP contribution >= 0.6 is 0 Å². The Morgan fingerprint density at radius 1 is 0.617 bits per heavy atom. The van der Waals surface area contributed by atoms with E-state index in [2.05, 4.69) is 160 Å². The third-order valence-corrected chi connectivity index (χ3v) is 10.9. The number of halogens is 2. The minimum atomic E-state index is -0.0394. The zero-order chi connectivity index (χ0) is 32.5. The van der Waals surface area contributed by atoms with Gasteiger partial charge >= 0.3 is 288 Å². The predicted molar refractivity (Wildman–Crippen MR) is 190 cm³/mol. The van der Waals surface area contributed by atoms with E-state index in [1.54, 1.807) is 0 Å². The minimum absolute atomic E-state index is 0. The van der Waals surface area contributed by atoms with Crippen molar-refractivity contribution in [3.8, 4) is 11.1 Å². The molecule has 0 unspecified atom stereocenters. The van der Waals surface area contributed by atoms with Gasteiger partial charge in [0.1, 0.15) is 0 Å². The molecule has 0 aromatic heterocycles. The maximum Gasteiger partial charge on any atom is -1.00 e. The molecular formula is C44H47Cl2Zr. The van der Waals surface area contributed by atoms with E-state index >= 15 is 0 Å². The zero-order valence-electron chi connectivity index (χ0n) is 29.6. The molecule has 0 saturated carbocycles. The number of rotatable bonds is 3. The smallest absolute Gasteiger partial charge is 1.00 e. The van der Waals surface area contributed by atoms with E-state index in [-0.39, 0.29) is 41.1 Å². The van der Waals surface area contributed by atoms with Crippen molar-refractivity contribution in [1.82, 2.24) is 0 Å². The summed E-state index contributed by atoms with van der Waals surface area (Å²) in [4.78, 5) is 0. The molecule has 0 N–H and O–H groups in total. The summed E-state index contributed by atoms with van der Waals surface area (Å²) in [7, 11) is 0. The van der Waals surface area contributed by atoms with Crippen molar-refractivity contribution >= 4 is 14.4 Å². The maximum absolute atomic E-state index is 2.56. The molecule has 0 nitrogen and oxygen atoms in total. The van der Waals surface area contributed by atoms with Crippen molar-refractivity contribution in [2.75, 3.05) is 0 Å². The van der Waals surface area contributed by atoms with Crippen LogP contribution in [0.2, 0.25) is 0 Å². The van der Waals surface area contributed by atoms with E-state index in [1.807, 2.05) is 0 Å². The van der Waals surface area contributed by atoms with E-state index in [9.17, 15) is 0 Å². The Kier molecular flexibility index (Phi) is 10.7. The Bertz CT molecular complexity index is 1970. The summed E-state index contributed by atoms with van der Waals surface area (Å²) < 4.78 is 1.50. The van der Waals surface area contributed by atoms with Crippen molar-refractivity contribution in [2.24, 2.45) is 5.41 Å². The summed E-state index contributed by atoms with van der Waals surface area (Å²) in [5, 5.41) is 2.84. The Labute approximate surface area is 310 Å². The van der Waals surface area contributed by atoms with Gasteiger partial charge in [0.2, 0.25) is 0 Å². The van der Waals surface area contributed by atoms with Crippen molar-refractivity contribution < 1.29 is 49.5 Å². The van der Waals surface area contributed by atoms with Crippen molar-refractivity contribution in [3.63, 3.8) is 0 Å². The van der Waals surface area contributed by atoms with E-state index in [0.717, 1.165) is 6.42 Å². The maximum atomic E-state index is 2.56. The van der Waals surface area contributed by atoms with E-state index < -0.39 is 0 Å². The first-order valence-electron chi connectivity index (χ1n) is 16.4. The Balaban J connectivity index is 0.00000250. The molecule has 241 valence electrons. The average molecular weight is 738 g/mol. The van der Waals surface area contributed by atoms with Gasteiger partial charge in [0, 0.05) is 0 Å². The molecular weight excluding hydrogens is 691 g/mol. The third kappa shape index (κ3) is 6.88. The minimum Gasteiger partial charge on any atom is -1.00 e. The number of hydrogen-bond acceptors (Lipinski definition) is 0. The first-order valence-corrected chi connectivity index (χ1v) is 17.7. The molecule has 2 aliphatic rings. The molecule has 0 spiro atoms. The zero-order valence-corrected chi connectivity index (χ0v) is 33.6. The molecule has 0 amide bonds. The molecule has 3 heteroatoms. The summed E-state index contributed by atoms with van der Waals surface area (Å²) in [6.07, 6.45) is 3.50. The predicted octanol–water partition coefficient (Wildman–Crippen LogP) is 3.58. The number of benzene rings is 4. The van der Waals surface area contributed by atoms with Gasteiger partial charge in [0.15, 0.2) is 0 Å². The van der Waals surface area contributed by atoms with Crippen LogP contribution in [0.25, 0.3) is 22.3 Å². The SMILES string of the molecule is CC1=C(C2=c3c(cc(=C(c4ccccc4)c4ccccc4)c(C(C)(C)C)[c]3[Zr+2])-c3ccc(C(C)(C)C)cc32)CC(C(C)(C)C)=C1.[Cl-].[Cl-]. The Morgan fingerprint density at radius 3 is 1.64 bits per heavy atom. The van der Waals surface area contributed by atoms with Crippen LogP contribution in [0.1, 0.15) is 103 Å². The quantitative estimate of drug-likeness (QED) is 0.302. The van der Waals surface area contributed by atoms with Crippen LogP contribution in [0, 0.1) is 5.41 Å². The van der Waals surface area contributed by atoms with Crippen LogP contribution in [0.15, 0.2) is 108 Å². The van der Waals surface area contributed by atoms with Crippen LogP contribution < -0.4 is 38.5 Å². The topological polar surface area (TPSA) is 0 Å². The standard InChI is InChI=1S/C44H47.2ClH.Zr/c1-28-23-32(43(5,6)7)25-34(28)41-36-24-31(42(2,3)4)21-22-33(36)35-26-38(39(27-37(35)41)44(8,9)10)40(29-17-13-11-14-18-29)30-19-15-12-16-20-30;;;/h11-24,26H,25H2,1-10H3;2*1H;/q;;;+2/p-2. The molecule has 6 rings (SSSR count). The fourth-order valence-corrected chi connectivity index (χ4v) is 9.11. The van der Waals surface area contributed by atoms with Crippen LogP contribution in [0.5, 0.6) is 0 Å². The molecule has 0 heterocycles. The molecule has 0 radical (unpaired) electrons. The van der Waals surface area contributed by atoms with E-state index in [0.29, 0.717) is 0 Å². The van der Waals surface area contributed by atoms with Gasteiger partial charge in [-0.2, -0.15) is 0 Å². The fourth-order valence-electron chi connectivity index (χ4n) is 7.22. The second kappa shape index (κ2) is 13.5. The number of fused-ring (bicyclic) bond motifs is 3. The first kappa shape index (κ1) is 37.4. The molecule has 0 fully saturated rings. The van der Waals surface area contributed by atoms with Crippen LogP contribution in [0.4, 0.5) is 0 Å². The van der Waals surface area contributed by atoms with Gasteiger partial charge in [-0.05, 0) is 0 Å². The normalized spacial score (nSPS) is 14.3. The molecule has 47 heavy (non-hydrogen) atoms. The molecule has 0 saturated heterocycles. The summed E-state index contributed by atoms with van der Waals surface area (Å²) in [6.45, 7) is 23.6. The Morgan fingerprint density at radius 2 is 1.17 bits per heavy atom. The molecule has 4 aromatic rings. The molecule has 2 aliphatic carbocycles. The largest absolute Gasteiger partial charge is 1.00 e. The van der Waals surface area contributed by atoms with E-state index in [4.69, 9.17) is 0 Å². The second-order valence-corrected chi connectivity index (χ2v) is 17.3. The monoisotopic (exact) mass is 735 g/mol. The van der Waals surface area contributed by atoms with Gasteiger partial charge in [-0.3, -0.25) is 0 Å².